The number of carbonyl (C=O) groups excluding carboxylic acids is 1. The zero-order valence-electron chi connectivity index (χ0n) is 14.8. The van der Waals surface area contributed by atoms with Crippen LogP contribution in [-0.4, -0.2) is 23.9 Å². The van der Waals surface area contributed by atoms with Crippen LogP contribution in [0.4, 0.5) is 24.5 Å². The highest BCUT2D eigenvalue weighted by Crippen LogP contribution is 2.30. The minimum atomic E-state index is -4.42. The number of amides is 1. The molecule has 1 amide bonds. The molecule has 0 radical (unpaired) electrons. The van der Waals surface area contributed by atoms with Gasteiger partial charge in [-0.05, 0) is 36.6 Å². The smallest absolute Gasteiger partial charge is 0.371 e. The molecule has 9 heteroatoms. The molecular formula is C19H18F3N3O3. The average molecular weight is 393 g/mol. The first-order valence-corrected chi connectivity index (χ1v) is 8.73. The Morgan fingerprint density at radius 2 is 1.75 bits per heavy atom. The van der Waals surface area contributed by atoms with E-state index in [0.29, 0.717) is 11.3 Å². The summed E-state index contributed by atoms with van der Waals surface area (Å²) in [6, 6.07) is 8.64. The summed E-state index contributed by atoms with van der Waals surface area (Å²) in [6.07, 6.45) is -2.47. The van der Waals surface area contributed by atoms with Crippen LogP contribution in [0.5, 0.6) is 0 Å². The van der Waals surface area contributed by atoms with Gasteiger partial charge >= 0.3 is 6.18 Å². The molecule has 2 aromatic carbocycles. The van der Waals surface area contributed by atoms with Crippen molar-refractivity contribution in [3.8, 4) is 0 Å². The fourth-order valence-corrected chi connectivity index (χ4v) is 3.14. The molecule has 0 bridgehead atoms. The molecule has 3 rings (SSSR count). The second-order valence-electron chi connectivity index (χ2n) is 6.53. The number of non-ortho nitro benzene ring substituents is 1. The largest absolute Gasteiger partial charge is 0.416 e. The predicted molar refractivity (Wildman–Crippen MR) is 97.2 cm³/mol. The van der Waals surface area contributed by atoms with Crippen molar-refractivity contribution in [2.75, 3.05) is 18.0 Å². The Balaban J connectivity index is 1.77. The number of alkyl halides is 3. The highest BCUT2D eigenvalue weighted by molar-refractivity contribution is 6.00. The van der Waals surface area contributed by atoms with Crippen molar-refractivity contribution in [1.82, 2.24) is 5.32 Å². The second-order valence-corrected chi connectivity index (χ2v) is 6.53. The Labute approximate surface area is 159 Å². The van der Waals surface area contributed by atoms with E-state index in [-0.39, 0.29) is 17.8 Å². The first-order valence-electron chi connectivity index (χ1n) is 8.73. The van der Waals surface area contributed by atoms with E-state index in [0.717, 1.165) is 38.1 Å². The normalized spacial score (nSPS) is 14.2. The van der Waals surface area contributed by atoms with Gasteiger partial charge in [0.25, 0.3) is 11.6 Å². The summed E-state index contributed by atoms with van der Waals surface area (Å²) in [6.45, 7) is 1.53. The number of hydrogen-bond acceptors (Lipinski definition) is 4. The number of carbonyl (C=O) groups is 1. The highest BCUT2D eigenvalue weighted by Gasteiger charge is 2.30. The van der Waals surface area contributed by atoms with E-state index >= 15 is 0 Å². The van der Waals surface area contributed by atoms with Crippen LogP contribution in [0.3, 0.4) is 0 Å². The number of nitro groups is 1. The molecule has 28 heavy (non-hydrogen) atoms. The van der Waals surface area contributed by atoms with Gasteiger partial charge in [-0.3, -0.25) is 14.9 Å². The molecule has 0 atom stereocenters. The minimum absolute atomic E-state index is 0.0130. The minimum Gasteiger partial charge on any atom is -0.371 e. The van der Waals surface area contributed by atoms with Crippen molar-refractivity contribution in [1.29, 1.82) is 0 Å². The van der Waals surface area contributed by atoms with Crippen LogP contribution < -0.4 is 10.2 Å². The molecule has 1 aliphatic heterocycles. The van der Waals surface area contributed by atoms with Gasteiger partial charge in [0.15, 0.2) is 0 Å². The molecule has 0 aromatic heterocycles. The van der Waals surface area contributed by atoms with Crippen molar-refractivity contribution in [3.63, 3.8) is 0 Å². The van der Waals surface area contributed by atoms with Gasteiger partial charge in [-0.1, -0.05) is 12.1 Å². The Hall–Kier alpha value is -3.10. The fraction of sp³-hybridized carbons (Fsp3) is 0.316. The molecule has 1 fully saturated rings. The lowest BCUT2D eigenvalue weighted by atomic mass is 10.1. The molecule has 0 aliphatic carbocycles. The number of nitrogens with one attached hydrogen (secondary N) is 1. The number of nitrogens with zero attached hydrogens (tertiary/aromatic N) is 2. The van der Waals surface area contributed by atoms with Crippen molar-refractivity contribution < 1.29 is 22.9 Å². The summed E-state index contributed by atoms with van der Waals surface area (Å²) >= 11 is 0. The Morgan fingerprint density at radius 1 is 1.11 bits per heavy atom. The molecular weight excluding hydrogens is 375 g/mol. The Bertz CT molecular complexity index is 876. The molecule has 6 nitrogen and oxygen atoms in total. The lowest BCUT2D eigenvalue weighted by Crippen LogP contribution is -2.27. The van der Waals surface area contributed by atoms with Gasteiger partial charge in [0.2, 0.25) is 0 Å². The molecule has 1 heterocycles. The maximum absolute atomic E-state index is 12.7. The van der Waals surface area contributed by atoms with Crippen molar-refractivity contribution in [2.45, 2.75) is 25.6 Å². The van der Waals surface area contributed by atoms with E-state index in [1.807, 2.05) is 4.90 Å². The van der Waals surface area contributed by atoms with Crippen LogP contribution in [0.15, 0.2) is 42.5 Å². The number of halogens is 3. The van der Waals surface area contributed by atoms with E-state index in [2.05, 4.69) is 5.32 Å². The number of nitro benzene ring substituents is 1. The molecule has 148 valence electrons. The summed E-state index contributed by atoms with van der Waals surface area (Å²) in [5.41, 5.74) is 0.339. The Morgan fingerprint density at radius 3 is 2.32 bits per heavy atom. The van der Waals surface area contributed by atoms with E-state index in [4.69, 9.17) is 0 Å². The standard InChI is InChI=1S/C19H18F3N3O3/c20-19(21,22)14-5-3-13(4-6-14)12-23-18(26)16-11-15(25(27)28)7-8-17(16)24-9-1-2-10-24/h3-8,11H,1-2,9-10,12H2,(H,23,26). The van der Waals surface area contributed by atoms with Gasteiger partial charge in [0, 0.05) is 31.8 Å². The third-order valence-electron chi connectivity index (χ3n) is 4.62. The number of anilines is 1. The van der Waals surface area contributed by atoms with E-state index in [9.17, 15) is 28.1 Å². The fourth-order valence-electron chi connectivity index (χ4n) is 3.14. The third kappa shape index (κ3) is 4.41. The van der Waals surface area contributed by atoms with Crippen molar-refractivity contribution in [3.05, 3.63) is 69.3 Å². The number of benzene rings is 2. The van der Waals surface area contributed by atoms with Crippen LogP contribution in [0, 0.1) is 10.1 Å². The summed E-state index contributed by atoms with van der Waals surface area (Å²) in [5, 5.41) is 13.7. The maximum Gasteiger partial charge on any atom is 0.416 e. The van der Waals surface area contributed by atoms with Gasteiger partial charge in [-0.2, -0.15) is 13.2 Å². The highest BCUT2D eigenvalue weighted by atomic mass is 19.4. The molecule has 0 saturated carbocycles. The second kappa shape index (κ2) is 7.87. The van der Waals surface area contributed by atoms with E-state index in [1.165, 1.54) is 24.3 Å². The maximum atomic E-state index is 12.7. The van der Waals surface area contributed by atoms with Crippen LogP contribution in [0.1, 0.15) is 34.3 Å². The zero-order chi connectivity index (χ0) is 20.3. The zero-order valence-corrected chi connectivity index (χ0v) is 14.8. The predicted octanol–water partition coefficient (Wildman–Crippen LogP) is 4.14. The van der Waals surface area contributed by atoms with Gasteiger partial charge in [0.1, 0.15) is 0 Å². The summed E-state index contributed by atoms with van der Waals surface area (Å²) < 4.78 is 37.9. The van der Waals surface area contributed by atoms with Gasteiger partial charge in [-0.25, -0.2) is 0 Å². The van der Waals surface area contributed by atoms with Crippen molar-refractivity contribution >= 4 is 17.3 Å². The number of hydrogen-bond donors (Lipinski definition) is 1. The topological polar surface area (TPSA) is 75.5 Å². The van der Waals surface area contributed by atoms with Gasteiger partial charge in [-0.15, -0.1) is 0 Å². The molecule has 1 aliphatic rings. The van der Waals surface area contributed by atoms with Crippen LogP contribution in [0.2, 0.25) is 0 Å². The van der Waals surface area contributed by atoms with Crippen LogP contribution >= 0.6 is 0 Å². The first kappa shape index (κ1) is 19.7. The quantitative estimate of drug-likeness (QED) is 0.612. The van der Waals surface area contributed by atoms with Crippen LogP contribution in [0.25, 0.3) is 0 Å². The molecule has 1 saturated heterocycles. The first-order chi connectivity index (χ1) is 13.3. The van der Waals surface area contributed by atoms with E-state index < -0.39 is 22.6 Å². The lowest BCUT2D eigenvalue weighted by Gasteiger charge is -2.21. The molecule has 2 aromatic rings. The van der Waals surface area contributed by atoms with E-state index in [1.54, 1.807) is 6.07 Å². The van der Waals surface area contributed by atoms with Gasteiger partial charge in [0.05, 0.1) is 21.7 Å². The molecule has 1 N–H and O–H groups in total. The van der Waals surface area contributed by atoms with Gasteiger partial charge < -0.3 is 10.2 Å². The van der Waals surface area contributed by atoms with Crippen molar-refractivity contribution in [2.24, 2.45) is 0 Å². The number of rotatable bonds is 5. The average Bonchev–Trinajstić information content (AvgIpc) is 3.19. The monoisotopic (exact) mass is 393 g/mol. The van der Waals surface area contributed by atoms with Crippen LogP contribution in [-0.2, 0) is 12.7 Å². The molecule has 0 unspecified atom stereocenters. The summed E-state index contributed by atoms with van der Waals surface area (Å²) in [7, 11) is 0. The summed E-state index contributed by atoms with van der Waals surface area (Å²) in [4.78, 5) is 25.2. The lowest BCUT2D eigenvalue weighted by molar-refractivity contribution is -0.384. The SMILES string of the molecule is O=C(NCc1ccc(C(F)(F)F)cc1)c1cc([N+](=O)[O-])ccc1N1CCCC1. The third-order valence-corrected chi connectivity index (χ3v) is 4.62. The summed E-state index contributed by atoms with van der Waals surface area (Å²) in [5.74, 6) is -0.509. The Kier molecular flexibility index (Phi) is 5.53. The molecule has 0 spiro atoms.